The molecule has 0 radical (unpaired) electrons. The summed E-state index contributed by atoms with van der Waals surface area (Å²) in [4.78, 5) is 11.9. The summed E-state index contributed by atoms with van der Waals surface area (Å²) >= 11 is 6.84. The van der Waals surface area contributed by atoms with Gasteiger partial charge in [0.2, 0.25) is 11.9 Å². The lowest BCUT2D eigenvalue weighted by atomic mass is 10.2. The van der Waals surface area contributed by atoms with Crippen LogP contribution in [0.4, 0.5) is 19.0 Å². The summed E-state index contributed by atoms with van der Waals surface area (Å²) in [6, 6.07) is 11.9. The van der Waals surface area contributed by atoms with Crippen molar-refractivity contribution >= 4 is 49.8 Å². The van der Waals surface area contributed by atoms with Crippen LogP contribution in [-0.4, -0.2) is 29.5 Å². The molecule has 1 N–H and O–H groups in total. The normalized spacial score (nSPS) is 13.1. The molecule has 0 fully saturated rings. The topological polar surface area (TPSA) is 94.1 Å². The first-order chi connectivity index (χ1) is 16.0. The largest absolute Gasteiger partial charge is 0.456 e. The van der Waals surface area contributed by atoms with Gasteiger partial charge in [-0.3, -0.25) is 4.72 Å². The van der Waals surface area contributed by atoms with E-state index in [1.807, 2.05) is 0 Å². The summed E-state index contributed by atoms with van der Waals surface area (Å²) in [5, 5.41) is 0.352. The fourth-order valence-corrected chi connectivity index (χ4v) is 5.65. The lowest BCUT2D eigenvalue weighted by molar-refractivity contribution is -0.197. The summed E-state index contributed by atoms with van der Waals surface area (Å²) < 4.78 is 75.5. The minimum atomic E-state index is -4.84. The molecule has 0 aliphatic carbocycles. The standard InChI is InChI=1S/C21H16ClF3N4O3S2/c1-11-17(33-12(2)26-11)18(21(23,24)25)32-20-19(27-14-8-4-5-9-15(14)28-20)29-34(30,31)16-10-6-3-7-13(16)22/h3-10,18H,1-2H3,(H,27,29). The van der Waals surface area contributed by atoms with Crippen LogP contribution in [-0.2, 0) is 10.0 Å². The Labute approximate surface area is 201 Å². The second-order valence-electron chi connectivity index (χ2n) is 7.12. The molecule has 4 rings (SSSR count). The Bertz CT molecular complexity index is 1480. The Morgan fingerprint density at radius 3 is 2.21 bits per heavy atom. The van der Waals surface area contributed by atoms with Gasteiger partial charge in [-0.25, -0.2) is 23.4 Å². The number of sulfonamides is 1. The highest BCUT2D eigenvalue weighted by Gasteiger charge is 2.46. The van der Waals surface area contributed by atoms with Crippen molar-refractivity contribution in [3.05, 3.63) is 69.1 Å². The van der Waals surface area contributed by atoms with Crippen molar-refractivity contribution in [2.24, 2.45) is 0 Å². The summed E-state index contributed by atoms with van der Waals surface area (Å²) in [5.74, 6) is -1.14. The number of hydrogen-bond acceptors (Lipinski definition) is 7. The van der Waals surface area contributed by atoms with E-state index in [2.05, 4.69) is 19.7 Å². The lowest BCUT2D eigenvalue weighted by Gasteiger charge is -2.22. The first-order valence-corrected chi connectivity index (χ1v) is 12.3. The molecule has 2 aromatic heterocycles. The Kier molecular flexibility index (Phi) is 6.40. The third kappa shape index (κ3) is 4.93. The van der Waals surface area contributed by atoms with Crippen LogP contribution in [0.3, 0.4) is 0 Å². The number of fused-ring (bicyclic) bond motifs is 1. The predicted octanol–water partition coefficient (Wildman–Crippen LogP) is 5.84. The molecule has 1 unspecified atom stereocenters. The Morgan fingerprint density at radius 1 is 1.00 bits per heavy atom. The van der Waals surface area contributed by atoms with Gasteiger partial charge in [-0.2, -0.15) is 13.2 Å². The minimum absolute atomic E-state index is 0.0739. The zero-order chi connectivity index (χ0) is 24.7. The summed E-state index contributed by atoms with van der Waals surface area (Å²) in [7, 11) is -4.33. The fourth-order valence-electron chi connectivity index (χ4n) is 3.15. The van der Waals surface area contributed by atoms with E-state index in [0.29, 0.717) is 5.01 Å². The van der Waals surface area contributed by atoms with E-state index in [0.717, 1.165) is 11.3 Å². The number of benzene rings is 2. The molecule has 0 aliphatic heterocycles. The number of nitrogens with zero attached hydrogens (tertiary/aromatic N) is 3. The van der Waals surface area contributed by atoms with Gasteiger partial charge < -0.3 is 4.74 Å². The van der Waals surface area contributed by atoms with Crippen molar-refractivity contribution < 1.29 is 26.3 Å². The van der Waals surface area contributed by atoms with Gasteiger partial charge in [0.15, 0.2) is 0 Å². The number of thiazole rings is 1. The molecule has 0 amide bonds. The number of alkyl halides is 3. The van der Waals surface area contributed by atoms with E-state index >= 15 is 0 Å². The maximum absolute atomic E-state index is 14.0. The smallest absolute Gasteiger partial charge is 0.430 e. The van der Waals surface area contributed by atoms with Crippen LogP contribution in [0, 0.1) is 13.8 Å². The first kappa shape index (κ1) is 24.2. The molecule has 7 nitrogen and oxygen atoms in total. The molecule has 0 spiro atoms. The molecular formula is C21H16ClF3N4O3S2. The van der Waals surface area contributed by atoms with Crippen LogP contribution >= 0.6 is 22.9 Å². The molecule has 4 aromatic rings. The number of rotatable bonds is 6. The number of aromatic nitrogens is 3. The second-order valence-corrected chi connectivity index (χ2v) is 10.4. The molecule has 1 atom stereocenters. The van der Waals surface area contributed by atoms with Crippen molar-refractivity contribution in [3.63, 3.8) is 0 Å². The molecule has 0 bridgehead atoms. The van der Waals surface area contributed by atoms with E-state index in [1.54, 1.807) is 25.1 Å². The van der Waals surface area contributed by atoms with Crippen molar-refractivity contribution in [2.45, 2.75) is 31.0 Å². The van der Waals surface area contributed by atoms with Gasteiger partial charge in [-0.15, -0.1) is 11.3 Å². The average molecular weight is 529 g/mol. The Hall–Kier alpha value is -2.96. The van der Waals surface area contributed by atoms with E-state index in [9.17, 15) is 21.6 Å². The van der Waals surface area contributed by atoms with Gasteiger partial charge in [0.1, 0.15) is 4.90 Å². The van der Waals surface area contributed by atoms with E-state index < -0.39 is 34.0 Å². The fraction of sp³-hybridized carbons (Fsp3) is 0.190. The Balaban J connectivity index is 1.84. The monoisotopic (exact) mass is 528 g/mol. The number of para-hydroxylation sites is 2. The van der Waals surface area contributed by atoms with Gasteiger partial charge in [0.05, 0.1) is 31.6 Å². The molecule has 178 valence electrons. The van der Waals surface area contributed by atoms with Gasteiger partial charge >= 0.3 is 6.18 Å². The first-order valence-electron chi connectivity index (χ1n) is 9.67. The molecule has 2 aromatic carbocycles. The van der Waals surface area contributed by atoms with Crippen LogP contribution in [0.2, 0.25) is 5.02 Å². The van der Waals surface area contributed by atoms with Crippen LogP contribution < -0.4 is 9.46 Å². The Morgan fingerprint density at radius 2 is 1.62 bits per heavy atom. The van der Waals surface area contributed by atoms with Crippen molar-refractivity contribution in [1.82, 2.24) is 15.0 Å². The van der Waals surface area contributed by atoms with Gasteiger partial charge in [0.25, 0.3) is 15.9 Å². The predicted molar refractivity (Wildman–Crippen MR) is 123 cm³/mol. The van der Waals surface area contributed by atoms with Crippen molar-refractivity contribution in [3.8, 4) is 5.88 Å². The maximum atomic E-state index is 14.0. The average Bonchev–Trinajstić information content (AvgIpc) is 3.08. The number of aryl methyl sites for hydroxylation is 2. The second kappa shape index (κ2) is 9.01. The SMILES string of the molecule is Cc1nc(C)c(C(Oc2nc3ccccc3nc2NS(=O)(=O)c2ccccc2Cl)C(F)(F)F)s1. The van der Waals surface area contributed by atoms with E-state index in [1.165, 1.54) is 37.3 Å². The lowest BCUT2D eigenvalue weighted by Crippen LogP contribution is -2.27. The maximum Gasteiger partial charge on any atom is 0.430 e. The van der Waals surface area contributed by atoms with E-state index in [4.69, 9.17) is 16.3 Å². The molecule has 0 aliphatic rings. The third-order valence-electron chi connectivity index (χ3n) is 4.60. The summed E-state index contributed by atoms with van der Waals surface area (Å²) in [6.07, 6.45) is -7.27. The van der Waals surface area contributed by atoms with Crippen LogP contribution in [0.5, 0.6) is 5.88 Å². The number of ether oxygens (including phenoxy) is 1. The molecule has 13 heteroatoms. The minimum Gasteiger partial charge on any atom is -0.456 e. The quantitative estimate of drug-likeness (QED) is 0.338. The van der Waals surface area contributed by atoms with Crippen LogP contribution in [0.1, 0.15) is 21.7 Å². The highest BCUT2D eigenvalue weighted by atomic mass is 35.5. The summed E-state index contributed by atoms with van der Waals surface area (Å²) in [6.45, 7) is 3.02. The van der Waals surface area contributed by atoms with Gasteiger partial charge in [-0.05, 0) is 38.1 Å². The molecule has 0 saturated carbocycles. The van der Waals surface area contributed by atoms with E-state index in [-0.39, 0.29) is 31.5 Å². The van der Waals surface area contributed by atoms with Gasteiger partial charge in [0, 0.05) is 0 Å². The third-order valence-corrected chi connectivity index (χ3v) is 7.55. The van der Waals surface area contributed by atoms with Crippen molar-refractivity contribution in [2.75, 3.05) is 4.72 Å². The zero-order valence-corrected chi connectivity index (χ0v) is 20.0. The highest BCUT2D eigenvalue weighted by Crippen LogP contribution is 2.42. The molecular weight excluding hydrogens is 513 g/mol. The summed E-state index contributed by atoms with van der Waals surface area (Å²) in [5.41, 5.74) is 0.619. The number of anilines is 1. The molecule has 34 heavy (non-hydrogen) atoms. The number of hydrogen-bond donors (Lipinski definition) is 1. The number of nitrogens with one attached hydrogen (secondary N) is 1. The highest BCUT2D eigenvalue weighted by molar-refractivity contribution is 7.92. The number of halogens is 4. The van der Waals surface area contributed by atoms with Crippen LogP contribution in [0.25, 0.3) is 11.0 Å². The van der Waals surface area contributed by atoms with Gasteiger partial charge in [-0.1, -0.05) is 35.9 Å². The molecule has 0 saturated heterocycles. The molecule has 2 heterocycles. The zero-order valence-electron chi connectivity index (χ0n) is 17.6. The van der Waals surface area contributed by atoms with Crippen molar-refractivity contribution in [1.29, 1.82) is 0 Å². The van der Waals surface area contributed by atoms with Crippen LogP contribution in [0.15, 0.2) is 53.4 Å².